The minimum absolute atomic E-state index is 0.598. The van der Waals surface area contributed by atoms with Gasteiger partial charge in [0.25, 0.3) is 0 Å². The third-order valence-corrected chi connectivity index (χ3v) is 2.67. The molecule has 0 aromatic rings. The van der Waals surface area contributed by atoms with Crippen molar-refractivity contribution in [3.8, 4) is 0 Å². The highest BCUT2D eigenvalue weighted by molar-refractivity contribution is 5.69. The number of rotatable bonds is 4. The standard InChI is InChI=1S/C14H18O8/c1-7(15)19-11-5-6-12(20-8(2)16)14(22-10(4)18)13(11)21-9(3)17/h5-6,11-14H,1-4H3/t11-,12+,13-,14-/m1/s1. The van der Waals surface area contributed by atoms with Gasteiger partial charge < -0.3 is 18.9 Å². The zero-order valence-electron chi connectivity index (χ0n) is 12.7. The Bertz CT molecular complexity index is 451. The van der Waals surface area contributed by atoms with Crippen molar-refractivity contribution in [3.05, 3.63) is 12.2 Å². The molecule has 0 amide bonds. The molecule has 0 fully saturated rings. The number of esters is 4. The van der Waals surface area contributed by atoms with E-state index < -0.39 is 48.3 Å². The molecule has 0 aromatic heterocycles. The van der Waals surface area contributed by atoms with Gasteiger partial charge in [-0.1, -0.05) is 0 Å². The maximum atomic E-state index is 11.3. The number of carbonyl (C=O) groups is 4. The zero-order chi connectivity index (χ0) is 16.9. The Morgan fingerprint density at radius 2 is 0.864 bits per heavy atom. The lowest BCUT2D eigenvalue weighted by molar-refractivity contribution is -0.193. The van der Waals surface area contributed by atoms with Crippen molar-refractivity contribution in [1.29, 1.82) is 0 Å². The fraction of sp³-hybridized carbons (Fsp3) is 0.571. The van der Waals surface area contributed by atoms with Gasteiger partial charge in [0.1, 0.15) is 0 Å². The molecule has 0 bridgehead atoms. The first-order chi connectivity index (χ1) is 10.2. The van der Waals surface area contributed by atoms with E-state index in [1.54, 1.807) is 0 Å². The van der Waals surface area contributed by atoms with E-state index in [1.807, 2.05) is 0 Å². The highest BCUT2D eigenvalue weighted by Gasteiger charge is 2.44. The summed E-state index contributed by atoms with van der Waals surface area (Å²) in [6.45, 7) is 4.71. The molecule has 0 saturated heterocycles. The van der Waals surface area contributed by atoms with Crippen LogP contribution in [0.4, 0.5) is 0 Å². The van der Waals surface area contributed by atoms with E-state index in [-0.39, 0.29) is 0 Å². The normalized spacial score (nSPS) is 26.7. The van der Waals surface area contributed by atoms with Crippen molar-refractivity contribution in [1.82, 2.24) is 0 Å². The zero-order valence-corrected chi connectivity index (χ0v) is 12.7. The van der Waals surface area contributed by atoms with Crippen LogP contribution in [-0.4, -0.2) is 48.3 Å². The third kappa shape index (κ3) is 5.19. The van der Waals surface area contributed by atoms with Gasteiger partial charge >= 0.3 is 23.9 Å². The van der Waals surface area contributed by atoms with E-state index >= 15 is 0 Å². The molecule has 8 heteroatoms. The quantitative estimate of drug-likeness (QED) is 0.414. The smallest absolute Gasteiger partial charge is 0.303 e. The van der Waals surface area contributed by atoms with E-state index in [0.29, 0.717) is 0 Å². The van der Waals surface area contributed by atoms with Crippen molar-refractivity contribution in [3.63, 3.8) is 0 Å². The van der Waals surface area contributed by atoms with Crippen LogP contribution >= 0.6 is 0 Å². The van der Waals surface area contributed by atoms with E-state index in [2.05, 4.69) is 0 Å². The molecule has 1 aliphatic rings. The molecule has 0 heterocycles. The molecule has 8 nitrogen and oxygen atoms in total. The number of carbonyl (C=O) groups excluding carboxylic acids is 4. The second kappa shape index (κ2) is 7.58. The van der Waals surface area contributed by atoms with Crippen molar-refractivity contribution in [2.75, 3.05) is 0 Å². The Kier molecular flexibility index (Phi) is 6.09. The fourth-order valence-electron chi connectivity index (χ4n) is 2.06. The summed E-state index contributed by atoms with van der Waals surface area (Å²) in [6.07, 6.45) is -1.28. The predicted octanol–water partition coefficient (Wildman–Crippen LogP) is 0.283. The lowest BCUT2D eigenvalue weighted by atomic mass is 9.95. The highest BCUT2D eigenvalue weighted by Crippen LogP contribution is 2.25. The molecular weight excluding hydrogens is 296 g/mol. The Hall–Kier alpha value is -2.38. The van der Waals surface area contributed by atoms with Gasteiger partial charge in [0.2, 0.25) is 0 Å². The maximum absolute atomic E-state index is 11.3. The minimum Gasteiger partial charge on any atom is -0.454 e. The summed E-state index contributed by atoms with van der Waals surface area (Å²) in [7, 11) is 0. The molecule has 0 unspecified atom stereocenters. The van der Waals surface area contributed by atoms with Gasteiger partial charge in [-0.15, -0.1) is 0 Å². The first kappa shape index (κ1) is 17.7. The largest absolute Gasteiger partial charge is 0.454 e. The maximum Gasteiger partial charge on any atom is 0.303 e. The molecule has 0 spiro atoms. The van der Waals surface area contributed by atoms with Crippen LogP contribution in [0, 0.1) is 0 Å². The average molecular weight is 314 g/mol. The first-order valence-corrected chi connectivity index (χ1v) is 6.58. The summed E-state index contributed by atoms with van der Waals surface area (Å²) in [5, 5.41) is 0. The van der Waals surface area contributed by atoms with Crippen LogP contribution in [0.25, 0.3) is 0 Å². The fourth-order valence-corrected chi connectivity index (χ4v) is 2.06. The van der Waals surface area contributed by atoms with Gasteiger partial charge in [-0.3, -0.25) is 19.2 Å². The molecule has 1 rings (SSSR count). The lowest BCUT2D eigenvalue weighted by Gasteiger charge is -2.36. The molecular formula is C14H18O8. The van der Waals surface area contributed by atoms with E-state index in [9.17, 15) is 19.2 Å². The molecule has 0 N–H and O–H groups in total. The summed E-state index contributed by atoms with van der Waals surface area (Å²) in [4.78, 5) is 44.8. The van der Waals surface area contributed by atoms with Gasteiger partial charge in [-0.2, -0.15) is 0 Å². The summed E-state index contributed by atoms with van der Waals surface area (Å²) < 4.78 is 20.3. The van der Waals surface area contributed by atoms with Crippen LogP contribution in [-0.2, 0) is 38.1 Å². The number of ether oxygens (including phenoxy) is 4. The molecule has 22 heavy (non-hydrogen) atoms. The molecule has 0 aromatic carbocycles. The van der Waals surface area contributed by atoms with Gasteiger partial charge in [-0.25, -0.2) is 0 Å². The molecule has 4 atom stereocenters. The van der Waals surface area contributed by atoms with E-state index in [1.165, 1.54) is 26.0 Å². The van der Waals surface area contributed by atoms with Crippen molar-refractivity contribution in [2.45, 2.75) is 52.1 Å². The number of hydrogen-bond acceptors (Lipinski definition) is 8. The van der Waals surface area contributed by atoms with Crippen LogP contribution in [0.2, 0.25) is 0 Å². The van der Waals surface area contributed by atoms with Gasteiger partial charge in [0, 0.05) is 27.7 Å². The van der Waals surface area contributed by atoms with Crippen LogP contribution in [0.1, 0.15) is 27.7 Å². The summed E-state index contributed by atoms with van der Waals surface area (Å²) >= 11 is 0. The number of hydrogen-bond donors (Lipinski definition) is 0. The second-order valence-corrected chi connectivity index (χ2v) is 4.68. The molecule has 1 aliphatic carbocycles. The third-order valence-electron chi connectivity index (χ3n) is 2.67. The highest BCUT2D eigenvalue weighted by atomic mass is 16.6. The van der Waals surface area contributed by atoms with Crippen molar-refractivity contribution < 1.29 is 38.1 Å². The molecule has 0 saturated carbocycles. The summed E-state index contributed by atoms with van der Waals surface area (Å²) in [5.74, 6) is -2.51. The van der Waals surface area contributed by atoms with Gasteiger partial charge in [0.05, 0.1) is 0 Å². The Morgan fingerprint density at radius 3 is 1.09 bits per heavy atom. The van der Waals surface area contributed by atoms with Crippen LogP contribution in [0.3, 0.4) is 0 Å². The second-order valence-electron chi connectivity index (χ2n) is 4.68. The van der Waals surface area contributed by atoms with Crippen LogP contribution in [0.5, 0.6) is 0 Å². The Labute approximate surface area is 127 Å². The molecule has 0 radical (unpaired) electrons. The van der Waals surface area contributed by atoms with Crippen molar-refractivity contribution in [2.24, 2.45) is 0 Å². The van der Waals surface area contributed by atoms with Gasteiger partial charge in [-0.05, 0) is 12.2 Å². The minimum atomic E-state index is -1.11. The van der Waals surface area contributed by atoms with Crippen molar-refractivity contribution >= 4 is 23.9 Å². The monoisotopic (exact) mass is 314 g/mol. The molecule has 122 valence electrons. The summed E-state index contributed by atoms with van der Waals surface area (Å²) in [6, 6.07) is 0. The molecule has 0 aliphatic heterocycles. The first-order valence-electron chi connectivity index (χ1n) is 6.58. The van der Waals surface area contributed by atoms with Gasteiger partial charge in [0.15, 0.2) is 24.4 Å². The Morgan fingerprint density at radius 1 is 0.591 bits per heavy atom. The van der Waals surface area contributed by atoms with E-state index in [4.69, 9.17) is 18.9 Å². The predicted molar refractivity (Wildman–Crippen MR) is 71.4 cm³/mol. The lowest BCUT2D eigenvalue weighted by Crippen LogP contribution is -2.53. The Balaban J connectivity index is 3.11. The SMILES string of the molecule is CC(=O)O[C@H]1[C@H](OC(C)=O)[C@H](OC(C)=O)C=C[C@@H]1OC(C)=O. The van der Waals surface area contributed by atoms with Crippen LogP contribution < -0.4 is 0 Å². The summed E-state index contributed by atoms with van der Waals surface area (Å²) in [5.41, 5.74) is 0. The van der Waals surface area contributed by atoms with Crippen LogP contribution in [0.15, 0.2) is 12.2 Å². The van der Waals surface area contributed by atoms with E-state index in [0.717, 1.165) is 13.8 Å². The average Bonchev–Trinajstić information content (AvgIpc) is 2.34. The topological polar surface area (TPSA) is 105 Å².